The second-order valence-electron chi connectivity index (χ2n) is 4.22. The molecule has 2 rings (SSSR count). The molecule has 1 atom stereocenters. The van der Waals surface area contributed by atoms with Gasteiger partial charge in [0.05, 0.1) is 12.9 Å². The molecule has 0 radical (unpaired) electrons. The summed E-state index contributed by atoms with van der Waals surface area (Å²) in [6.07, 6.45) is 4.55. The van der Waals surface area contributed by atoms with E-state index in [4.69, 9.17) is 10.6 Å². The van der Waals surface area contributed by atoms with Crippen LogP contribution in [0.1, 0.15) is 18.4 Å². The molecule has 92 valence electrons. The molecule has 1 aliphatic heterocycles. The van der Waals surface area contributed by atoms with Gasteiger partial charge in [0.2, 0.25) is 0 Å². The fourth-order valence-corrected chi connectivity index (χ4v) is 1.99. The third kappa shape index (κ3) is 3.28. The summed E-state index contributed by atoms with van der Waals surface area (Å²) in [6, 6.07) is 6.55. The van der Waals surface area contributed by atoms with E-state index in [0.29, 0.717) is 0 Å². The van der Waals surface area contributed by atoms with Crippen LogP contribution in [-0.4, -0.2) is 12.6 Å². The van der Waals surface area contributed by atoms with E-state index in [1.165, 1.54) is 17.7 Å². The van der Waals surface area contributed by atoms with Crippen molar-refractivity contribution in [2.75, 3.05) is 6.61 Å². The molecule has 17 heavy (non-hydrogen) atoms. The molecule has 0 bridgehead atoms. The molecular weight excluding hydrogens is 219 g/mol. The Kier molecular flexibility index (Phi) is 4.12. The number of benzene rings is 1. The van der Waals surface area contributed by atoms with Gasteiger partial charge in [0, 0.05) is 6.04 Å². The van der Waals surface area contributed by atoms with Crippen LogP contribution in [0.4, 0.5) is 4.39 Å². The van der Waals surface area contributed by atoms with Crippen LogP contribution in [0.25, 0.3) is 0 Å². The van der Waals surface area contributed by atoms with Crippen LogP contribution >= 0.6 is 0 Å². The highest BCUT2D eigenvalue weighted by Gasteiger charge is 2.16. The van der Waals surface area contributed by atoms with Gasteiger partial charge in [-0.1, -0.05) is 12.1 Å². The van der Waals surface area contributed by atoms with E-state index in [1.54, 1.807) is 18.4 Å². The lowest BCUT2D eigenvalue weighted by atomic mass is 9.96. The average Bonchev–Trinajstić information content (AvgIpc) is 2.39. The third-order valence-electron chi connectivity index (χ3n) is 2.96. The first-order chi connectivity index (χ1) is 8.29. The lowest BCUT2D eigenvalue weighted by Gasteiger charge is -2.22. The molecule has 0 aromatic heterocycles. The van der Waals surface area contributed by atoms with Gasteiger partial charge in [0.1, 0.15) is 5.82 Å². The summed E-state index contributed by atoms with van der Waals surface area (Å²) in [7, 11) is 0. The minimum atomic E-state index is -0.216. The van der Waals surface area contributed by atoms with Gasteiger partial charge in [0.15, 0.2) is 0 Å². The molecule has 3 N–H and O–H groups in total. The number of nitrogens with one attached hydrogen (secondary N) is 1. The van der Waals surface area contributed by atoms with Gasteiger partial charge in [0.25, 0.3) is 0 Å². The molecule has 0 spiro atoms. The van der Waals surface area contributed by atoms with Gasteiger partial charge < -0.3 is 4.74 Å². The Labute approximate surface area is 100 Å². The Bertz CT molecular complexity index is 389. The number of hydrogen-bond donors (Lipinski definition) is 2. The number of hydrogen-bond acceptors (Lipinski definition) is 3. The second kappa shape index (κ2) is 5.80. The van der Waals surface area contributed by atoms with Crippen molar-refractivity contribution >= 4 is 0 Å². The van der Waals surface area contributed by atoms with Gasteiger partial charge in [-0.2, -0.15) is 0 Å². The molecule has 1 aromatic carbocycles. The molecular formula is C13H17FN2O. The Morgan fingerprint density at radius 1 is 1.35 bits per heavy atom. The SMILES string of the molecule is NNC(Cc1ccc(F)cc1)C1=COCCC1. The maximum Gasteiger partial charge on any atom is 0.123 e. The van der Waals surface area contributed by atoms with Crippen LogP contribution < -0.4 is 11.3 Å². The fourth-order valence-electron chi connectivity index (χ4n) is 1.99. The van der Waals surface area contributed by atoms with Crippen molar-refractivity contribution in [1.82, 2.24) is 5.43 Å². The number of halogens is 1. The van der Waals surface area contributed by atoms with Crippen LogP contribution in [0, 0.1) is 5.82 Å². The monoisotopic (exact) mass is 236 g/mol. The molecule has 1 aromatic rings. The molecule has 1 aliphatic rings. The Balaban J connectivity index is 2.04. The predicted molar refractivity (Wildman–Crippen MR) is 64.5 cm³/mol. The smallest absolute Gasteiger partial charge is 0.123 e. The predicted octanol–water partition coefficient (Wildman–Crippen LogP) is 1.89. The van der Waals surface area contributed by atoms with Crippen LogP contribution in [0.5, 0.6) is 0 Å². The molecule has 0 aliphatic carbocycles. The van der Waals surface area contributed by atoms with E-state index < -0.39 is 0 Å². The minimum Gasteiger partial charge on any atom is -0.501 e. The van der Waals surface area contributed by atoms with Gasteiger partial charge in [-0.25, -0.2) is 4.39 Å². The quantitative estimate of drug-likeness (QED) is 0.620. The van der Waals surface area contributed by atoms with Crippen LogP contribution in [0.15, 0.2) is 36.1 Å². The maximum absolute atomic E-state index is 12.8. The zero-order valence-corrected chi connectivity index (χ0v) is 9.66. The summed E-state index contributed by atoms with van der Waals surface area (Å²) in [6.45, 7) is 0.775. The van der Waals surface area contributed by atoms with E-state index >= 15 is 0 Å². The summed E-state index contributed by atoms with van der Waals surface area (Å²) in [4.78, 5) is 0. The molecule has 0 fully saturated rings. The van der Waals surface area contributed by atoms with Crippen molar-refractivity contribution in [1.29, 1.82) is 0 Å². The lowest BCUT2D eigenvalue weighted by Crippen LogP contribution is -2.39. The molecule has 0 saturated carbocycles. The molecule has 1 heterocycles. The highest BCUT2D eigenvalue weighted by Crippen LogP contribution is 2.18. The van der Waals surface area contributed by atoms with Gasteiger partial charge in [-0.3, -0.25) is 11.3 Å². The zero-order valence-electron chi connectivity index (χ0n) is 9.66. The summed E-state index contributed by atoms with van der Waals surface area (Å²) < 4.78 is 18.1. The Morgan fingerprint density at radius 2 is 2.12 bits per heavy atom. The van der Waals surface area contributed by atoms with Gasteiger partial charge >= 0.3 is 0 Å². The van der Waals surface area contributed by atoms with Crippen molar-refractivity contribution in [3.8, 4) is 0 Å². The van der Waals surface area contributed by atoms with E-state index in [1.807, 2.05) is 0 Å². The first-order valence-electron chi connectivity index (χ1n) is 5.80. The largest absolute Gasteiger partial charge is 0.501 e. The normalized spacial score (nSPS) is 17.2. The Morgan fingerprint density at radius 3 is 2.71 bits per heavy atom. The molecule has 0 saturated heterocycles. The lowest BCUT2D eigenvalue weighted by molar-refractivity contribution is 0.219. The Hall–Kier alpha value is -1.39. The number of ether oxygens (including phenoxy) is 1. The minimum absolute atomic E-state index is 0.0563. The van der Waals surface area contributed by atoms with E-state index in [0.717, 1.165) is 31.4 Å². The van der Waals surface area contributed by atoms with Crippen molar-refractivity contribution in [2.45, 2.75) is 25.3 Å². The number of nitrogens with two attached hydrogens (primary N) is 1. The van der Waals surface area contributed by atoms with E-state index in [2.05, 4.69) is 5.43 Å². The van der Waals surface area contributed by atoms with Crippen molar-refractivity contribution < 1.29 is 9.13 Å². The molecule has 0 amide bonds. The first-order valence-corrected chi connectivity index (χ1v) is 5.80. The highest BCUT2D eigenvalue weighted by molar-refractivity contribution is 5.21. The summed E-state index contributed by atoms with van der Waals surface area (Å²) in [5, 5.41) is 0. The molecule has 3 nitrogen and oxygen atoms in total. The van der Waals surface area contributed by atoms with Crippen LogP contribution in [0.2, 0.25) is 0 Å². The summed E-state index contributed by atoms with van der Waals surface area (Å²) in [5.74, 6) is 5.34. The average molecular weight is 236 g/mol. The second-order valence-corrected chi connectivity index (χ2v) is 4.22. The first kappa shape index (κ1) is 12.1. The third-order valence-corrected chi connectivity index (χ3v) is 2.96. The number of hydrazine groups is 1. The van der Waals surface area contributed by atoms with E-state index in [9.17, 15) is 4.39 Å². The number of rotatable bonds is 4. The maximum atomic E-state index is 12.8. The fraction of sp³-hybridized carbons (Fsp3) is 0.385. The summed E-state index contributed by atoms with van der Waals surface area (Å²) >= 11 is 0. The highest BCUT2D eigenvalue weighted by atomic mass is 19.1. The van der Waals surface area contributed by atoms with Crippen LogP contribution in [-0.2, 0) is 11.2 Å². The molecule has 1 unspecified atom stereocenters. The van der Waals surface area contributed by atoms with Crippen molar-refractivity contribution in [3.63, 3.8) is 0 Å². The van der Waals surface area contributed by atoms with Gasteiger partial charge in [-0.05, 0) is 42.5 Å². The molecule has 4 heteroatoms. The van der Waals surface area contributed by atoms with Crippen LogP contribution in [0.3, 0.4) is 0 Å². The topological polar surface area (TPSA) is 47.3 Å². The van der Waals surface area contributed by atoms with E-state index in [-0.39, 0.29) is 11.9 Å². The van der Waals surface area contributed by atoms with Crippen molar-refractivity contribution in [3.05, 3.63) is 47.5 Å². The zero-order chi connectivity index (χ0) is 12.1. The summed E-state index contributed by atoms with van der Waals surface area (Å²) in [5.41, 5.74) is 5.02. The van der Waals surface area contributed by atoms with Crippen molar-refractivity contribution in [2.24, 2.45) is 5.84 Å². The van der Waals surface area contributed by atoms with Gasteiger partial charge in [-0.15, -0.1) is 0 Å². The standard InChI is InChI=1S/C13H17FN2O/c14-12-5-3-10(4-6-12)8-13(16-15)11-2-1-7-17-9-11/h3-6,9,13,16H,1-2,7-8,15H2.